The van der Waals surface area contributed by atoms with Crippen molar-refractivity contribution in [3.8, 4) is 5.75 Å². The topological polar surface area (TPSA) is 102 Å². The van der Waals surface area contributed by atoms with Gasteiger partial charge in [0.25, 0.3) is 5.91 Å². The smallest absolute Gasteiger partial charge is 0.252 e. The molecule has 2 aromatic rings. The van der Waals surface area contributed by atoms with Gasteiger partial charge in [0.1, 0.15) is 5.75 Å². The molecule has 218 valence electrons. The molecule has 0 spiro atoms. The van der Waals surface area contributed by atoms with Crippen LogP contribution in [0.5, 0.6) is 5.75 Å². The summed E-state index contributed by atoms with van der Waals surface area (Å²) in [6, 6.07) is 13.9. The molecule has 2 aliphatic rings. The summed E-state index contributed by atoms with van der Waals surface area (Å²) in [6.45, 7) is 8.76. The monoisotopic (exact) mass is 567 g/mol. The van der Waals surface area contributed by atoms with Crippen LogP contribution in [-0.2, 0) is 4.79 Å². The molecule has 1 aliphatic carbocycles. The van der Waals surface area contributed by atoms with Gasteiger partial charge in [-0.15, -0.1) is 11.8 Å². The lowest BCUT2D eigenvalue weighted by molar-refractivity contribution is -0.132. The predicted octanol–water partition coefficient (Wildman–Crippen LogP) is 4.75. The molecule has 0 unspecified atom stereocenters. The third kappa shape index (κ3) is 8.02. The van der Waals surface area contributed by atoms with Gasteiger partial charge in [0.15, 0.2) is 0 Å². The van der Waals surface area contributed by atoms with Crippen LogP contribution < -0.4 is 10.6 Å². The molecule has 4 rings (SSSR count). The molecule has 0 radical (unpaired) electrons. The fraction of sp³-hybridized carbons (Fsp3) is 0.562. The molecule has 2 fully saturated rings. The van der Waals surface area contributed by atoms with E-state index in [1.54, 1.807) is 36.9 Å². The molecule has 1 heterocycles. The summed E-state index contributed by atoms with van der Waals surface area (Å²) in [6.07, 6.45) is 4.67. The number of aliphatic hydroxyl groups is 1. The first-order chi connectivity index (χ1) is 19.0. The number of benzene rings is 2. The largest absolute Gasteiger partial charge is 0.508 e. The van der Waals surface area contributed by atoms with Gasteiger partial charge in [-0.1, -0.05) is 43.5 Å². The molecule has 2 aromatic carbocycles. The van der Waals surface area contributed by atoms with E-state index in [9.17, 15) is 19.8 Å². The van der Waals surface area contributed by atoms with Crippen LogP contribution in [0.15, 0.2) is 53.4 Å². The van der Waals surface area contributed by atoms with Crippen LogP contribution in [0.4, 0.5) is 0 Å². The summed E-state index contributed by atoms with van der Waals surface area (Å²) in [4.78, 5) is 30.0. The molecular weight excluding hydrogens is 522 g/mol. The van der Waals surface area contributed by atoms with Crippen LogP contribution in [-0.4, -0.2) is 69.5 Å². The van der Waals surface area contributed by atoms with Crippen molar-refractivity contribution in [2.24, 2.45) is 11.8 Å². The molecule has 1 aliphatic heterocycles. The minimum absolute atomic E-state index is 0.0124. The maximum absolute atomic E-state index is 13.5. The molecule has 1 saturated heterocycles. The van der Waals surface area contributed by atoms with E-state index in [1.807, 2.05) is 51.1 Å². The zero-order valence-electron chi connectivity index (χ0n) is 24.2. The number of hydrogen-bond donors (Lipinski definition) is 4. The Morgan fingerprint density at radius 3 is 2.45 bits per heavy atom. The van der Waals surface area contributed by atoms with Gasteiger partial charge in [0.2, 0.25) is 5.91 Å². The van der Waals surface area contributed by atoms with Gasteiger partial charge in [-0.2, -0.15) is 0 Å². The third-order valence-electron chi connectivity index (χ3n) is 8.23. The first-order valence-electron chi connectivity index (χ1n) is 14.5. The van der Waals surface area contributed by atoms with E-state index in [0.29, 0.717) is 35.3 Å². The van der Waals surface area contributed by atoms with E-state index in [0.717, 1.165) is 30.7 Å². The van der Waals surface area contributed by atoms with Crippen molar-refractivity contribution in [1.82, 2.24) is 15.5 Å². The Hall–Kier alpha value is -2.55. The van der Waals surface area contributed by atoms with Crippen LogP contribution in [0.1, 0.15) is 68.8 Å². The van der Waals surface area contributed by atoms with Gasteiger partial charge >= 0.3 is 0 Å². The van der Waals surface area contributed by atoms with Crippen molar-refractivity contribution in [3.05, 3.63) is 59.7 Å². The minimum atomic E-state index is -0.886. The lowest BCUT2D eigenvalue weighted by Gasteiger charge is -2.47. The van der Waals surface area contributed by atoms with Gasteiger partial charge < -0.3 is 20.8 Å². The van der Waals surface area contributed by atoms with E-state index in [2.05, 4.69) is 15.5 Å². The number of phenolic OH excluding ortho intramolecular Hbond substituents is 1. The van der Waals surface area contributed by atoms with Crippen LogP contribution in [0.2, 0.25) is 0 Å². The second-order valence-corrected chi connectivity index (χ2v) is 13.6. The average molecular weight is 568 g/mol. The number of nitrogens with one attached hydrogen (secondary N) is 2. The van der Waals surface area contributed by atoms with Gasteiger partial charge in [0.05, 0.1) is 18.2 Å². The van der Waals surface area contributed by atoms with Gasteiger partial charge in [-0.25, -0.2) is 0 Å². The van der Waals surface area contributed by atoms with E-state index < -0.39 is 12.1 Å². The lowest BCUT2D eigenvalue weighted by Crippen LogP contribution is -2.60. The molecule has 0 bridgehead atoms. The Bertz CT molecular complexity index is 1150. The maximum Gasteiger partial charge on any atom is 0.252 e. The van der Waals surface area contributed by atoms with Crippen molar-refractivity contribution in [2.75, 3.05) is 18.8 Å². The number of phenols is 1. The molecule has 5 atom stereocenters. The average Bonchev–Trinajstić information content (AvgIpc) is 2.91. The lowest BCUT2D eigenvalue weighted by atomic mass is 9.72. The summed E-state index contributed by atoms with van der Waals surface area (Å²) in [5.74, 6) is 1.27. The second kappa shape index (κ2) is 13.4. The fourth-order valence-corrected chi connectivity index (χ4v) is 7.09. The minimum Gasteiger partial charge on any atom is -0.508 e. The predicted molar refractivity (Wildman–Crippen MR) is 161 cm³/mol. The number of rotatable bonds is 9. The number of fused-ring (bicyclic) bond motifs is 1. The van der Waals surface area contributed by atoms with Crippen molar-refractivity contribution >= 4 is 23.6 Å². The molecule has 7 nitrogen and oxygen atoms in total. The number of nitrogens with zero attached hydrogens (tertiary/aromatic N) is 1. The number of thioether (sulfide) groups is 1. The number of amides is 2. The SMILES string of the molecule is Cc1c(O)cccc1C(=O)N[C@@H](CSc1ccccc1)[C@H](O)CN1C[C@H]2CCCC[C@@H]2C[C@@H]1C(=O)NC(C)(C)C. The molecular formula is C32H45N3O4S. The summed E-state index contributed by atoms with van der Waals surface area (Å²) in [5, 5.41) is 28.0. The number of piperidine rings is 1. The number of aliphatic hydroxyl groups excluding tert-OH is 1. The van der Waals surface area contributed by atoms with Crippen molar-refractivity contribution in [2.45, 2.75) is 88.4 Å². The number of β-amino-alcohol motifs (C(OH)–C–C–N with tert-alkyl or cyclic N) is 1. The third-order valence-corrected chi connectivity index (χ3v) is 9.36. The molecule has 8 heteroatoms. The van der Waals surface area contributed by atoms with Gasteiger partial charge in [-0.3, -0.25) is 14.5 Å². The van der Waals surface area contributed by atoms with Crippen molar-refractivity contribution in [1.29, 1.82) is 0 Å². The summed E-state index contributed by atoms with van der Waals surface area (Å²) in [7, 11) is 0. The Labute approximate surface area is 243 Å². The Morgan fingerprint density at radius 1 is 1.05 bits per heavy atom. The van der Waals surface area contributed by atoms with Crippen LogP contribution in [0, 0.1) is 18.8 Å². The van der Waals surface area contributed by atoms with Crippen molar-refractivity contribution in [3.63, 3.8) is 0 Å². The molecule has 0 aromatic heterocycles. The first kappa shape index (κ1) is 30.4. The van der Waals surface area contributed by atoms with Crippen LogP contribution in [0.3, 0.4) is 0 Å². The van der Waals surface area contributed by atoms with Gasteiger partial charge in [0, 0.05) is 40.4 Å². The Morgan fingerprint density at radius 2 is 1.75 bits per heavy atom. The number of likely N-dealkylation sites (tertiary alicyclic amines) is 1. The normalized spacial score (nSPS) is 23.1. The fourth-order valence-electron chi connectivity index (χ4n) is 6.06. The van der Waals surface area contributed by atoms with E-state index >= 15 is 0 Å². The number of carbonyl (C=O) groups excluding carboxylic acids is 2. The van der Waals surface area contributed by atoms with Crippen LogP contribution in [0.25, 0.3) is 0 Å². The molecule has 2 amide bonds. The van der Waals surface area contributed by atoms with Crippen LogP contribution >= 0.6 is 11.8 Å². The highest BCUT2D eigenvalue weighted by Crippen LogP contribution is 2.39. The molecule has 1 saturated carbocycles. The quantitative estimate of drug-likeness (QED) is 0.327. The number of aromatic hydroxyl groups is 1. The van der Waals surface area contributed by atoms with E-state index in [1.165, 1.54) is 12.8 Å². The summed E-state index contributed by atoms with van der Waals surface area (Å²) in [5.41, 5.74) is 0.543. The summed E-state index contributed by atoms with van der Waals surface area (Å²) >= 11 is 1.57. The summed E-state index contributed by atoms with van der Waals surface area (Å²) < 4.78 is 0. The highest BCUT2D eigenvalue weighted by atomic mass is 32.2. The van der Waals surface area contributed by atoms with Crippen molar-refractivity contribution < 1.29 is 19.8 Å². The molecule has 40 heavy (non-hydrogen) atoms. The van der Waals surface area contributed by atoms with E-state index in [-0.39, 0.29) is 29.1 Å². The van der Waals surface area contributed by atoms with Gasteiger partial charge in [-0.05, 0) is 76.6 Å². The highest BCUT2D eigenvalue weighted by Gasteiger charge is 2.41. The second-order valence-electron chi connectivity index (χ2n) is 12.5. The number of carbonyl (C=O) groups is 2. The highest BCUT2D eigenvalue weighted by molar-refractivity contribution is 7.99. The molecule has 4 N–H and O–H groups in total. The standard InChI is InChI=1S/C32H45N3O4S/c1-21-25(15-10-16-28(21)36)30(38)33-26(20-40-24-13-6-5-7-14-24)29(37)19-35-18-23-12-9-8-11-22(23)17-27(35)31(39)34-32(2,3)4/h5-7,10,13-16,22-23,26-27,29,36-37H,8-9,11-12,17-20H2,1-4H3,(H,33,38)(H,34,39)/t22-,23-,26+,27-,29-/m1/s1. The van der Waals surface area contributed by atoms with E-state index in [4.69, 9.17) is 0 Å². The number of hydrogen-bond acceptors (Lipinski definition) is 6. The maximum atomic E-state index is 13.5. The Kier molecular flexibility index (Phi) is 10.2. The first-order valence-corrected chi connectivity index (χ1v) is 15.5. The zero-order valence-corrected chi connectivity index (χ0v) is 25.0. The zero-order chi connectivity index (χ0) is 28.9. The Balaban J connectivity index is 1.54.